The average Bonchev–Trinajstić information content (AvgIpc) is 3.00. The lowest BCUT2D eigenvalue weighted by Gasteiger charge is -2.45. The van der Waals surface area contributed by atoms with Crippen molar-refractivity contribution >= 4 is 0 Å². The maximum absolute atomic E-state index is 14.5. The van der Waals surface area contributed by atoms with Crippen molar-refractivity contribution in [2.24, 2.45) is 14.1 Å². The number of hydrogen-bond donors (Lipinski definition) is 1. The fourth-order valence-corrected chi connectivity index (χ4v) is 4.04. The van der Waals surface area contributed by atoms with E-state index in [0.29, 0.717) is 11.1 Å². The van der Waals surface area contributed by atoms with Gasteiger partial charge in [-0.2, -0.15) is 13.2 Å². The quantitative estimate of drug-likeness (QED) is 0.684. The lowest BCUT2D eigenvalue weighted by Crippen LogP contribution is -2.58. The Hall–Kier alpha value is -2.64. The minimum Gasteiger partial charge on any atom is -0.352 e. The number of halogens is 3. The summed E-state index contributed by atoms with van der Waals surface area (Å²) in [4.78, 5) is 0. The first-order chi connectivity index (χ1) is 13.2. The van der Waals surface area contributed by atoms with Gasteiger partial charge in [-0.1, -0.05) is 54.6 Å². The van der Waals surface area contributed by atoms with Crippen molar-refractivity contribution in [1.82, 2.24) is 4.57 Å². The Morgan fingerprint density at radius 3 is 2.32 bits per heavy atom. The number of aliphatic hydroxyl groups is 1. The first-order valence-corrected chi connectivity index (χ1v) is 8.84. The van der Waals surface area contributed by atoms with Gasteiger partial charge in [0.2, 0.25) is 0 Å². The Kier molecular flexibility index (Phi) is 4.13. The van der Waals surface area contributed by atoms with E-state index in [4.69, 9.17) is 4.74 Å². The molecule has 3 aromatic rings. The molecule has 1 aliphatic heterocycles. The largest absolute Gasteiger partial charge is 0.422 e. The summed E-state index contributed by atoms with van der Waals surface area (Å²) in [6.45, 7) is 0. The lowest BCUT2D eigenvalue weighted by atomic mass is 9.79. The van der Waals surface area contributed by atoms with Crippen LogP contribution >= 0.6 is 0 Å². The van der Waals surface area contributed by atoms with Crippen LogP contribution < -0.4 is 4.57 Å². The summed E-state index contributed by atoms with van der Waals surface area (Å²) in [5.74, 6) is -2.09. The third-order valence-electron chi connectivity index (χ3n) is 5.33. The van der Waals surface area contributed by atoms with Crippen molar-refractivity contribution < 1.29 is 27.6 Å². The third kappa shape index (κ3) is 2.57. The van der Waals surface area contributed by atoms with Crippen LogP contribution in [0.4, 0.5) is 13.2 Å². The topological polar surface area (TPSA) is 38.3 Å². The fraction of sp³-hybridized carbons (Fsp3) is 0.286. The second-order valence-electron chi connectivity index (χ2n) is 7.11. The van der Waals surface area contributed by atoms with Crippen LogP contribution in [0.5, 0.6) is 0 Å². The molecule has 0 amide bonds. The summed E-state index contributed by atoms with van der Waals surface area (Å²) in [6.07, 6.45) is -1.86. The summed E-state index contributed by atoms with van der Waals surface area (Å²) in [6, 6.07) is 14.0. The molecule has 2 unspecified atom stereocenters. The van der Waals surface area contributed by atoms with Crippen LogP contribution in [0.1, 0.15) is 22.5 Å². The molecule has 1 aliphatic rings. The number of fused-ring (bicyclic) bond motifs is 1. The minimum absolute atomic E-state index is 0.0488. The van der Waals surface area contributed by atoms with Crippen LogP contribution in [0.15, 0.2) is 67.0 Å². The lowest BCUT2D eigenvalue weighted by molar-refractivity contribution is -0.691. The molecule has 0 radical (unpaired) electrons. The molecule has 1 aromatic heterocycles. The highest BCUT2D eigenvalue weighted by Gasteiger charge is 2.65. The standard InChI is InChI=1S/C21H20F3N2O2/c1-25-12-13-26(2)18(25)20(27)17-11-7-6-8-15(17)14-19(28-20,21(22,23)24)16-9-4-3-5-10-16/h3-13,27H,14H2,1-2H3/q+1. The maximum atomic E-state index is 14.5. The Bertz CT molecular complexity index is 996. The van der Waals surface area contributed by atoms with Gasteiger partial charge in [0.05, 0.1) is 14.1 Å². The van der Waals surface area contributed by atoms with Crippen molar-refractivity contribution in [2.75, 3.05) is 0 Å². The molecule has 2 atom stereocenters. The van der Waals surface area contributed by atoms with Gasteiger partial charge in [0.15, 0.2) is 5.60 Å². The second-order valence-corrected chi connectivity index (χ2v) is 7.11. The number of benzene rings is 2. The van der Waals surface area contributed by atoms with E-state index >= 15 is 0 Å². The van der Waals surface area contributed by atoms with E-state index in [-0.39, 0.29) is 11.4 Å². The zero-order valence-electron chi connectivity index (χ0n) is 15.4. The van der Waals surface area contributed by atoms with Crippen LogP contribution in [0.25, 0.3) is 0 Å². The number of nitrogens with zero attached hydrogens (tertiary/aromatic N) is 2. The maximum Gasteiger partial charge on any atom is 0.422 e. The van der Waals surface area contributed by atoms with Crippen molar-refractivity contribution in [3.05, 3.63) is 89.5 Å². The molecule has 1 N–H and O–H groups in total. The molecule has 4 rings (SSSR count). The molecule has 4 nitrogen and oxygen atoms in total. The molecule has 146 valence electrons. The summed E-state index contributed by atoms with van der Waals surface area (Å²) in [7, 11) is 3.32. The number of imidazole rings is 1. The Morgan fingerprint density at radius 1 is 1.07 bits per heavy atom. The number of rotatable bonds is 2. The second kappa shape index (κ2) is 6.18. The predicted molar refractivity (Wildman–Crippen MR) is 95.0 cm³/mol. The molecule has 0 bridgehead atoms. The van der Waals surface area contributed by atoms with Gasteiger partial charge in [0.1, 0.15) is 12.4 Å². The summed E-state index contributed by atoms with van der Waals surface area (Å²) < 4.78 is 52.4. The number of aromatic nitrogens is 2. The van der Waals surface area contributed by atoms with Gasteiger partial charge in [-0.15, -0.1) is 0 Å². The highest BCUT2D eigenvalue weighted by Crippen LogP contribution is 2.53. The van der Waals surface area contributed by atoms with E-state index in [1.807, 2.05) is 0 Å². The van der Waals surface area contributed by atoms with Gasteiger partial charge in [-0.3, -0.25) is 0 Å². The Balaban J connectivity index is 2.04. The van der Waals surface area contributed by atoms with E-state index in [1.165, 1.54) is 24.3 Å². The monoisotopic (exact) mass is 389 g/mol. The van der Waals surface area contributed by atoms with E-state index in [9.17, 15) is 18.3 Å². The molecule has 2 heterocycles. The van der Waals surface area contributed by atoms with Gasteiger partial charge >= 0.3 is 12.0 Å². The summed E-state index contributed by atoms with van der Waals surface area (Å²) in [5, 5.41) is 11.6. The van der Waals surface area contributed by atoms with Gasteiger partial charge in [-0.05, 0) is 11.1 Å². The molecule has 0 saturated carbocycles. The smallest absolute Gasteiger partial charge is 0.352 e. The number of hydrogen-bond acceptors (Lipinski definition) is 2. The third-order valence-corrected chi connectivity index (χ3v) is 5.33. The van der Waals surface area contributed by atoms with Crippen LogP contribution in [-0.2, 0) is 36.6 Å². The molecular formula is C21H20F3N2O2+. The normalized spacial score (nSPS) is 24.8. The van der Waals surface area contributed by atoms with Crippen LogP contribution in [0.3, 0.4) is 0 Å². The molecule has 28 heavy (non-hydrogen) atoms. The zero-order chi connectivity index (χ0) is 20.2. The zero-order valence-corrected chi connectivity index (χ0v) is 15.4. The first kappa shape index (κ1) is 18.7. The highest BCUT2D eigenvalue weighted by atomic mass is 19.4. The van der Waals surface area contributed by atoms with Crippen LogP contribution in [-0.4, -0.2) is 15.8 Å². The number of alkyl halides is 3. The van der Waals surface area contributed by atoms with Crippen molar-refractivity contribution in [3.63, 3.8) is 0 Å². The van der Waals surface area contributed by atoms with Gasteiger partial charge in [0, 0.05) is 12.0 Å². The average molecular weight is 389 g/mol. The first-order valence-electron chi connectivity index (χ1n) is 8.84. The summed E-state index contributed by atoms with van der Waals surface area (Å²) in [5.41, 5.74) is -2.04. The number of ether oxygens (including phenoxy) is 1. The van der Waals surface area contributed by atoms with E-state index < -0.39 is 24.0 Å². The van der Waals surface area contributed by atoms with Crippen molar-refractivity contribution in [1.29, 1.82) is 0 Å². The molecular weight excluding hydrogens is 369 g/mol. The predicted octanol–water partition coefficient (Wildman–Crippen LogP) is 3.07. The van der Waals surface area contributed by atoms with E-state index in [2.05, 4.69) is 0 Å². The van der Waals surface area contributed by atoms with E-state index in [0.717, 1.165) is 0 Å². The highest BCUT2D eigenvalue weighted by molar-refractivity contribution is 5.41. The number of aryl methyl sites for hydroxylation is 2. The Labute approximate surface area is 160 Å². The summed E-state index contributed by atoms with van der Waals surface area (Å²) >= 11 is 0. The Morgan fingerprint density at radius 2 is 1.71 bits per heavy atom. The van der Waals surface area contributed by atoms with Crippen molar-refractivity contribution in [2.45, 2.75) is 24.0 Å². The minimum atomic E-state index is -4.75. The molecule has 0 aliphatic carbocycles. The van der Waals surface area contributed by atoms with Gasteiger partial charge in [-0.25, -0.2) is 9.13 Å². The molecule has 0 saturated heterocycles. The van der Waals surface area contributed by atoms with Crippen LogP contribution in [0, 0.1) is 0 Å². The molecule has 7 heteroatoms. The molecule has 0 spiro atoms. The SMILES string of the molecule is Cn1cc[n+](C)c1C1(O)OC(c2ccccc2)(C(F)(F)F)Cc2ccccc21. The molecule has 0 fully saturated rings. The molecule has 2 aromatic carbocycles. The van der Waals surface area contributed by atoms with Gasteiger partial charge in [0.25, 0.3) is 5.79 Å². The van der Waals surface area contributed by atoms with Gasteiger partial charge < -0.3 is 9.84 Å². The van der Waals surface area contributed by atoms with E-state index in [1.54, 1.807) is 66.0 Å². The van der Waals surface area contributed by atoms with Crippen LogP contribution in [0.2, 0.25) is 0 Å². The fourth-order valence-electron chi connectivity index (χ4n) is 4.04. The van der Waals surface area contributed by atoms with Crippen molar-refractivity contribution in [3.8, 4) is 0 Å².